The minimum absolute atomic E-state index is 0.0689. The Bertz CT molecular complexity index is 691. The van der Waals surface area contributed by atoms with Crippen molar-refractivity contribution in [3.63, 3.8) is 0 Å². The lowest BCUT2D eigenvalue weighted by atomic mass is 10.2. The molecule has 0 fully saturated rings. The molecule has 1 aliphatic heterocycles. The normalized spacial score (nSPS) is 15.5. The quantitative estimate of drug-likeness (QED) is 0.813. The van der Waals surface area contributed by atoms with Crippen LogP contribution in [0.15, 0.2) is 48.5 Å². The minimum atomic E-state index is -0.0689. The molecule has 0 amide bonds. The van der Waals surface area contributed by atoms with Gasteiger partial charge in [0.2, 0.25) is 0 Å². The monoisotopic (exact) mass is 344 g/mol. The van der Waals surface area contributed by atoms with Gasteiger partial charge in [-0.2, -0.15) is 0 Å². The van der Waals surface area contributed by atoms with Crippen molar-refractivity contribution in [3.05, 3.63) is 54.1 Å². The van der Waals surface area contributed by atoms with Crippen LogP contribution < -0.4 is 24.8 Å². The van der Waals surface area contributed by atoms with E-state index in [1.54, 1.807) is 7.11 Å². The van der Waals surface area contributed by atoms with Crippen LogP contribution in [0.1, 0.15) is 5.56 Å². The number of fused-ring (bicyclic) bond motifs is 1. The highest BCUT2D eigenvalue weighted by Crippen LogP contribution is 2.30. The van der Waals surface area contributed by atoms with Crippen LogP contribution >= 0.6 is 12.2 Å². The zero-order valence-electron chi connectivity index (χ0n) is 13.5. The number of methoxy groups -OCH3 is 1. The largest absolute Gasteiger partial charge is 0.497 e. The van der Waals surface area contributed by atoms with Crippen LogP contribution in [-0.2, 0) is 6.54 Å². The number of hydrogen-bond acceptors (Lipinski definition) is 4. The van der Waals surface area contributed by atoms with E-state index >= 15 is 0 Å². The van der Waals surface area contributed by atoms with Crippen molar-refractivity contribution < 1.29 is 14.2 Å². The second kappa shape index (κ2) is 7.88. The van der Waals surface area contributed by atoms with Gasteiger partial charge >= 0.3 is 0 Å². The summed E-state index contributed by atoms with van der Waals surface area (Å²) in [6.07, 6.45) is -0.0689. The average molecular weight is 344 g/mol. The third-order valence-corrected chi connectivity index (χ3v) is 3.96. The highest BCUT2D eigenvalue weighted by Gasteiger charge is 2.20. The van der Waals surface area contributed by atoms with Crippen LogP contribution in [0.3, 0.4) is 0 Å². The first-order valence-corrected chi connectivity index (χ1v) is 8.18. The molecule has 0 radical (unpaired) electrons. The maximum atomic E-state index is 5.88. The highest BCUT2D eigenvalue weighted by molar-refractivity contribution is 7.80. The Kier molecular flexibility index (Phi) is 5.38. The van der Waals surface area contributed by atoms with Gasteiger partial charge in [0.25, 0.3) is 0 Å². The lowest BCUT2D eigenvalue weighted by Crippen LogP contribution is -2.44. The van der Waals surface area contributed by atoms with Crippen LogP contribution in [0.2, 0.25) is 0 Å². The van der Waals surface area contributed by atoms with Gasteiger partial charge in [0, 0.05) is 6.54 Å². The topological polar surface area (TPSA) is 51.8 Å². The fourth-order valence-corrected chi connectivity index (χ4v) is 2.51. The SMILES string of the molecule is COc1ccc(CNC(=S)NC[C@@H]2COc3ccccc3O2)cc1. The Hall–Kier alpha value is -2.47. The molecule has 6 heteroatoms. The maximum absolute atomic E-state index is 5.88. The lowest BCUT2D eigenvalue weighted by molar-refractivity contribution is 0.0937. The first-order valence-electron chi connectivity index (χ1n) is 7.77. The van der Waals surface area contributed by atoms with E-state index in [4.69, 9.17) is 26.4 Å². The van der Waals surface area contributed by atoms with E-state index in [1.807, 2.05) is 48.5 Å². The second-order valence-corrected chi connectivity index (χ2v) is 5.82. The Labute approximate surface area is 146 Å². The van der Waals surface area contributed by atoms with Gasteiger partial charge in [0.05, 0.1) is 13.7 Å². The van der Waals surface area contributed by atoms with Crippen LogP contribution in [-0.4, -0.2) is 31.5 Å². The lowest BCUT2D eigenvalue weighted by Gasteiger charge is -2.27. The molecule has 0 aromatic heterocycles. The van der Waals surface area contributed by atoms with Gasteiger partial charge in [-0.25, -0.2) is 0 Å². The fraction of sp³-hybridized carbons (Fsp3) is 0.278. The molecule has 24 heavy (non-hydrogen) atoms. The molecule has 0 spiro atoms. The van der Waals surface area contributed by atoms with Gasteiger partial charge in [0.1, 0.15) is 18.5 Å². The number of rotatable bonds is 5. The van der Waals surface area contributed by atoms with E-state index < -0.39 is 0 Å². The van der Waals surface area contributed by atoms with Crippen molar-refractivity contribution in [1.82, 2.24) is 10.6 Å². The smallest absolute Gasteiger partial charge is 0.166 e. The van der Waals surface area contributed by atoms with Crippen molar-refractivity contribution in [2.75, 3.05) is 20.3 Å². The van der Waals surface area contributed by atoms with E-state index in [0.29, 0.717) is 24.8 Å². The number of nitrogens with one attached hydrogen (secondary N) is 2. The van der Waals surface area contributed by atoms with Gasteiger partial charge in [0.15, 0.2) is 16.6 Å². The highest BCUT2D eigenvalue weighted by atomic mass is 32.1. The number of thiocarbonyl (C=S) groups is 1. The predicted octanol–water partition coefficient (Wildman–Crippen LogP) is 2.50. The van der Waals surface area contributed by atoms with Crippen molar-refractivity contribution >= 4 is 17.3 Å². The molecule has 0 saturated heterocycles. The van der Waals surface area contributed by atoms with Gasteiger partial charge in [-0.3, -0.25) is 0 Å². The third-order valence-electron chi connectivity index (χ3n) is 3.67. The van der Waals surface area contributed by atoms with Crippen molar-refractivity contribution in [1.29, 1.82) is 0 Å². The number of hydrogen-bond donors (Lipinski definition) is 2. The molecule has 1 aliphatic rings. The number of ether oxygens (including phenoxy) is 3. The summed E-state index contributed by atoms with van der Waals surface area (Å²) in [6, 6.07) is 15.5. The third kappa shape index (κ3) is 4.29. The molecule has 1 heterocycles. The number of para-hydroxylation sites is 2. The van der Waals surface area contributed by atoms with Gasteiger partial charge < -0.3 is 24.8 Å². The summed E-state index contributed by atoms with van der Waals surface area (Å²) in [5.74, 6) is 2.40. The van der Waals surface area contributed by atoms with E-state index in [2.05, 4.69) is 10.6 Å². The zero-order chi connectivity index (χ0) is 16.8. The Morgan fingerprint density at radius 2 is 1.88 bits per heavy atom. The van der Waals surface area contributed by atoms with E-state index in [0.717, 1.165) is 22.8 Å². The Morgan fingerprint density at radius 3 is 2.62 bits per heavy atom. The molecule has 2 N–H and O–H groups in total. The zero-order valence-corrected chi connectivity index (χ0v) is 14.3. The summed E-state index contributed by atoms with van der Waals surface area (Å²) in [7, 11) is 1.65. The van der Waals surface area contributed by atoms with Crippen molar-refractivity contribution in [2.45, 2.75) is 12.6 Å². The average Bonchev–Trinajstić information content (AvgIpc) is 2.65. The summed E-state index contributed by atoms with van der Waals surface area (Å²) in [4.78, 5) is 0. The first kappa shape index (κ1) is 16.4. The molecule has 0 unspecified atom stereocenters. The Morgan fingerprint density at radius 1 is 1.12 bits per heavy atom. The molecular formula is C18H20N2O3S. The second-order valence-electron chi connectivity index (χ2n) is 5.41. The standard InChI is InChI=1S/C18H20N2O3S/c1-21-14-8-6-13(7-9-14)10-19-18(24)20-11-15-12-22-16-4-2-3-5-17(16)23-15/h2-9,15H,10-12H2,1H3,(H2,19,20,24)/t15-/m1/s1. The number of benzene rings is 2. The maximum Gasteiger partial charge on any atom is 0.166 e. The summed E-state index contributed by atoms with van der Waals surface area (Å²) < 4.78 is 16.7. The van der Waals surface area contributed by atoms with Crippen LogP contribution in [0.25, 0.3) is 0 Å². The van der Waals surface area contributed by atoms with E-state index in [-0.39, 0.29) is 6.10 Å². The molecule has 5 nitrogen and oxygen atoms in total. The van der Waals surface area contributed by atoms with Crippen LogP contribution in [0, 0.1) is 0 Å². The van der Waals surface area contributed by atoms with E-state index in [1.165, 1.54) is 0 Å². The Balaban J connectivity index is 1.41. The fourth-order valence-electron chi connectivity index (χ4n) is 2.36. The molecule has 2 aromatic rings. The van der Waals surface area contributed by atoms with Crippen LogP contribution in [0.4, 0.5) is 0 Å². The van der Waals surface area contributed by atoms with Crippen LogP contribution in [0.5, 0.6) is 17.2 Å². The minimum Gasteiger partial charge on any atom is -0.497 e. The van der Waals surface area contributed by atoms with E-state index in [9.17, 15) is 0 Å². The summed E-state index contributed by atoms with van der Waals surface area (Å²) in [6.45, 7) is 1.74. The van der Waals surface area contributed by atoms with Gasteiger partial charge in [-0.1, -0.05) is 24.3 Å². The van der Waals surface area contributed by atoms with Gasteiger partial charge in [-0.05, 0) is 42.0 Å². The molecule has 0 saturated carbocycles. The van der Waals surface area contributed by atoms with Crippen molar-refractivity contribution in [2.24, 2.45) is 0 Å². The first-order chi connectivity index (χ1) is 11.7. The summed E-state index contributed by atoms with van der Waals surface area (Å²) in [5, 5.41) is 6.94. The summed E-state index contributed by atoms with van der Waals surface area (Å²) in [5.41, 5.74) is 1.13. The van der Waals surface area contributed by atoms with Gasteiger partial charge in [-0.15, -0.1) is 0 Å². The molecule has 126 valence electrons. The predicted molar refractivity (Wildman–Crippen MR) is 96.8 cm³/mol. The molecule has 0 bridgehead atoms. The molecule has 2 aromatic carbocycles. The van der Waals surface area contributed by atoms with Crippen molar-refractivity contribution in [3.8, 4) is 17.2 Å². The molecular weight excluding hydrogens is 324 g/mol. The molecule has 0 aliphatic carbocycles. The molecule has 3 rings (SSSR count). The summed E-state index contributed by atoms with van der Waals surface area (Å²) >= 11 is 5.30. The molecule has 1 atom stereocenters.